The van der Waals surface area contributed by atoms with E-state index >= 15 is 0 Å². The van der Waals surface area contributed by atoms with Crippen LogP contribution in [0.4, 0.5) is 14.6 Å². The molecule has 7 nitrogen and oxygen atoms in total. The third kappa shape index (κ3) is 3.57. The second-order valence-electron chi connectivity index (χ2n) is 6.36. The van der Waals surface area contributed by atoms with Crippen LogP contribution in [0.25, 0.3) is 22.4 Å². The molecular weight excluding hydrogens is 356 g/mol. The zero-order valence-electron chi connectivity index (χ0n) is 14.4. The number of carbonyl (C=O) groups excluding carboxylic acids is 1. The van der Waals surface area contributed by atoms with E-state index in [9.17, 15) is 13.6 Å². The van der Waals surface area contributed by atoms with Crippen molar-refractivity contribution >= 4 is 22.8 Å². The monoisotopic (exact) mass is 373 g/mol. The summed E-state index contributed by atoms with van der Waals surface area (Å²) < 4.78 is 32.3. The molecule has 0 saturated carbocycles. The van der Waals surface area contributed by atoms with Crippen molar-refractivity contribution in [3.63, 3.8) is 0 Å². The number of aromatic nitrogens is 3. The molecular formula is C18H17F2N5O2. The second kappa shape index (κ2) is 7.26. The molecule has 1 aromatic carbocycles. The van der Waals surface area contributed by atoms with Crippen LogP contribution in [0.3, 0.4) is 0 Å². The number of benzene rings is 1. The molecule has 1 aliphatic heterocycles. The first kappa shape index (κ1) is 17.3. The minimum atomic E-state index is -0.706. The maximum Gasteiger partial charge on any atom is 0.263 e. The van der Waals surface area contributed by atoms with Gasteiger partial charge in [0, 0.05) is 37.7 Å². The summed E-state index contributed by atoms with van der Waals surface area (Å²) in [5, 5.41) is 7.54. The molecule has 1 aliphatic rings. The largest absolute Gasteiger partial charge is 0.369 e. The lowest BCUT2D eigenvalue weighted by Gasteiger charge is -2.15. The Kier molecular flexibility index (Phi) is 4.66. The van der Waals surface area contributed by atoms with E-state index in [1.54, 1.807) is 0 Å². The number of hydrogen-bond donors (Lipinski definition) is 1. The van der Waals surface area contributed by atoms with E-state index < -0.39 is 11.6 Å². The van der Waals surface area contributed by atoms with Gasteiger partial charge in [0.25, 0.3) is 5.71 Å². The number of carbonyl (C=O) groups is 1. The van der Waals surface area contributed by atoms with Crippen LogP contribution in [-0.2, 0) is 4.79 Å². The van der Waals surface area contributed by atoms with Crippen LogP contribution in [0.15, 0.2) is 29.0 Å². The molecule has 0 aliphatic carbocycles. The van der Waals surface area contributed by atoms with Gasteiger partial charge in [-0.25, -0.2) is 13.8 Å². The number of nitrogens with one attached hydrogen (secondary N) is 1. The maximum atomic E-state index is 13.6. The van der Waals surface area contributed by atoms with Crippen molar-refractivity contribution in [2.45, 2.75) is 19.3 Å². The molecule has 0 bridgehead atoms. The summed E-state index contributed by atoms with van der Waals surface area (Å²) in [6.07, 6.45) is 3.60. The van der Waals surface area contributed by atoms with Crippen molar-refractivity contribution in [3.8, 4) is 11.3 Å². The van der Waals surface area contributed by atoms with E-state index in [0.717, 1.165) is 25.5 Å². The Balaban J connectivity index is 1.54. The number of fused-ring (bicyclic) bond motifs is 1. The highest BCUT2D eigenvalue weighted by Gasteiger charge is 2.20. The van der Waals surface area contributed by atoms with Crippen molar-refractivity contribution in [1.82, 2.24) is 20.0 Å². The Morgan fingerprint density at radius 2 is 2.00 bits per heavy atom. The predicted molar refractivity (Wildman–Crippen MR) is 93.9 cm³/mol. The molecule has 0 unspecified atom stereocenters. The zero-order valence-corrected chi connectivity index (χ0v) is 14.4. The Morgan fingerprint density at radius 3 is 2.74 bits per heavy atom. The summed E-state index contributed by atoms with van der Waals surface area (Å²) in [5.74, 6) is -0.756. The Labute approximate surface area is 153 Å². The molecule has 3 aromatic rings. The number of amides is 1. The van der Waals surface area contributed by atoms with Crippen LogP contribution in [0, 0.1) is 11.6 Å². The van der Waals surface area contributed by atoms with Gasteiger partial charge in [-0.1, -0.05) is 5.16 Å². The number of hydrogen-bond acceptors (Lipinski definition) is 6. The van der Waals surface area contributed by atoms with Crippen molar-refractivity contribution in [2.75, 3.05) is 25.0 Å². The first-order valence-corrected chi connectivity index (χ1v) is 8.70. The van der Waals surface area contributed by atoms with E-state index in [1.807, 2.05) is 4.90 Å². The number of likely N-dealkylation sites (tertiary alicyclic amines) is 1. The highest BCUT2D eigenvalue weighted by Crippen LogP contribution is 2.32. The Hall–Kier alpha value is -3.10. The quantitative estimate of drug-likeness (QED) is 0.669. The lowest BCUT2D eigenvalue weighted by Crippen LogP contribution is -2.27. The molecule has 2 aromatic heterocycles. The highest BCUT2D eigenvalue weighted by atomic mass is 19.1. The molecule has 4 rings (SSSR count). The molecule has 140 valence electrons. The smallest absolute Gasteiger partial charge is 0.263 e. The molecule has 1 N–H and O–H groups in total. The second-order valence-corrected chi connectivity index (χ2v) is 6.36. The average Bonchev–Trinajstić information content (AvgIpc) is 3.24. The van der Waals surface area contributed by atoms with Gasteiger partial charge in [0.1, 0.15) is 34.9 Å². The molecule has 9 heteroatoms. The third-order valence-corrected chi connectivity index (χ3v) is 4.48. The minimum Gasteiger partial charge on any atom is -0.369 e. The Morgan fingerprint density at radius 1 is 1.19 bits per heavy atom. The van der Waals surface area contributed by atoms with E-state index in [4.69, 9.17) is 4.52 Å². The third-order valence-electron chi connectivity index (χ3n) is 4.48. The standard InChI is InChI=1S/C18H17F2N5O2/c19-12-7-11(8-13(20)9-12)16-15-17(22-10-23-18(15)27-24-16)21-4-2-6-25-5-1-3-14(25)26/h7-10H,1-6H2,(H,21,22,23). The molecule has 0 radical (unpaired) electrons. The number of halogens is 2. The van der Waals surface area contributed by atoms with Crippen molar-refractivity contribution in [3.05, 3.63) is 36.2 Å². The number of rotatable bonds is 6. The summed E-state index contributed by atoms with van der Waals surface area (Å²) in [4.78, 5) is 21.7. The summed E-state index contributed by atoms with van der Waals surface area (Å²) in [6.45, 7) is 2.04. The van der Waals surface area contributed by atoms with Crippen molar-refractivity contribution in [2.24, 2.45) is 0 Å². The Bertz CT molecular complexity index is 971. The first-order chi connectivity index (χ1) is 13.1. The topological polar surface area (TPSA) is 84.2 Å². The minimum absolute atomic E-state index is 0.189. The van der Waals surface area contributed by atoms with Crippen molar-refractivity contribution < 1.29 is 18.1 Å². The summed E-state index contributed by atoms with van der Waals surface area (Å²) >= 11 is 0. The van der Waals surface area contributed by atoms with E-state index in [1.165, 1.54) is 18.5 Å². The van der Waals surface area contributed by atoms with Crippen molar-refractivity contribution in [1.29, 1.82) is 0 Å². The predicted octanol–water partition coefficient (Wildman–Crippen LogP) is 2.99. The van der Waals surface area contributed by atoms with Gasteiger partial charge in [0.15, 0.2) is 0 Å². The molecule has 27 heavy (non-hydrogen) atoms. The number of anilines is 1. The van der Waals surface area contributed by atoms with Crippen LogP contribution in [0.1, 0.15) is 19.3 Å². The van der Waals surface area contributed by atoms with Gasteiger partial charge in [-0.15, -0.1) is 0 Å². The van der Waals surface area contributed by atoms with Gasteiger partial charge in [-0.05, 0) is 25.0 Å². The van der Waals surface area contributed by atoms with E-state index in [0.29, 0.717) is 30.7 Å². The van der Waals surface area contributed by atoms with Crippen LogP contribution in [-0.4, -0.2) is 45.6 Å². The maximum absolute atomic E-state index is 13.6. The highest BCUT2D eigenvalue weighted by molar-refractivity contribution is 5.97. The van der Waals surface area contributed by atoms with Gasteiger partial charge in [0.2, 0.25) is 5.91 Å². The van der Waals surface area contributed by atoms with Crippen LogP contribution in [0.5, 0.6) is 0 Å². The van der Waals surface area contributed by atoms with Gasteiger partial charge in [0.05, 0.1) is 0 Å². The normalized spacial score (nSPS) is 14.3. The fourth-order valence-electron chi connectivity index (χ4n) is 3.23. The fraction of sp³-hybridized carbons (Fsp3) is 0.333. The fourth-order valence-corrected chi connectivity index (χ4v) is 3.23. The SMILES string of the molecule is O=C1CCCN1CCCNc1ncnc2onc(-c3cc(F)cc(F)c3)c12. The van der Waals surface area contributed by atoms with Gasteiger partial charge >= 0.3 is 0 Å². The van der Waals surface area contributed by atoms with Crippen LogP contribution < -0.4 is 5.32 Å². The van der Waals surface area contributed by atoms with Crippen LogP contribution in [0.2, 0.25) is 0 Å². The molecule has 1 amide bonds. The zero-order chi connectivity index (χ0) is 18.8. The molecule has 3 heterocycles. The summed E-state index contributed by atoms with van der Waals surface area (Å²) in [6, 6.07) is 3.15. The van der Waals surface area contributed by atoms with E-state index in [-0.39, 0.29) is 22.9 Å². The summed E-state index contributed by atoms with van der Waals surface area (Å²) in [7, 11) is 0. The lowest BCUT2D eigenvalue weighted by molar-refractivity contribution is -0.127. The van der Waals surface area contributed by atoms with Gasteiger partial charge in [-0.2, -0.15) is 4.98 Å². The summed E-state index contributed by atoms with van der Waals surface area (Å²) in [5.41, 5.74) is 0.731. The van der Waals surface area contributed by atoms with Crippen LogP contribution >= 0.6 is 0 Å². The van der Waals surface area contributed by atoms with Gasteiger partial charge < -0.3 is 14.7 Å². The lowest BCUT2D eigenvalue weighted by atomic mass is 10.1. The molecule has 1 fully saturated rings. The first-order valence-electron chi connectivity index (χ1n) is 8.70. The van der Waals surface area contributed by atoms with E-state index in [2.05, 4.69) is 20.4 Å². The average molecular weight is 373 g/mol. The molecule has 0 atom stereocenters. The van der Waals surface area contributed by atoms with Gasteiger partial charge in [-0.3, -0.25) is 4.79 Å². The molecule has 0 spiro atoms. The number of nitrogens with zero attached hydrogens (tertiary/aromatic N) is 4. The molecule has 1 saturated heterocycles.